The molecule has 0 unspecified atom stereocenters. The van der Waals surface area contributed by atoms with E-state index in [4.69, 9.17) is 8.85 Å². The molecule has 2 rings (SSSR count). The van der Waals surface area contributed by atoms with Crippen LogP contribution in [0.25, 0.3) is 0 Å². The van der Waals surface area contributed by atoms with Gasteiger partial charge in [0.2, 0.25) is 0 Å². The predicted molar refractivity (Wildman–Crippen MR) is 94.4 cm³/mol. The Balaban J connectivity index is 2.12. The molecule has 2 aliphatic carbocycles. The fraction of sp³-hybridized carbons (Fsp3) is 1.00. The maximum absolute atomic E-state index is 10.4. The third-order valence-electron chi connectivity index (χ3n) is 6.33. The first kappa shape index (κ1) is 19.4. The summed E-state index contributed by atoms with van der Waals surface area (Å²) >= 11 is 0. The van der Waals surface area contributed by atoms with Gasteiger partial charge in [0.15, 0.2) is 0 Å². The van der Waals surface area contributed by atoms with E-state index in [0.29, 0.717) is 0 Å². The maximum atomic E-state index is 10.4. The Labute approximate surface area is 142 Å². The molecule has 0 amide bonds. The van der Waals surface area contributed by atoms with Crippen LogP contribution in [-0.2, 0) is 8.85 Å². The Hall–Kier alpha value is 0.0569. The van der Waals surface area contributed by atoms with Crippen molar-refractivity contribution in [2.24, 2.45) is 21.7 Å². The Morgan fingerprint density at radius 3 is 1.04 bits per heavy atom. The van der Waals surface area contributed by atoms with Crippen molar-refractivity contribution in [2.75, 3.05) is 0 Å². The van der Waals surface area contributed by atoms with E-state index in [9.17, 15) is 10.2 Å². The van der Waals surface area contributed by atoms with Crippen LogP contribution < -0.4 is 0 Å². The molecule has 23 heavy (non-hydrogen) atoms. The lowest BCUT2D eigenvalue weighted by molar-refractivity contribution is -0.264. The summed E-state index contributed by atoms with van der Waals surface area (Å²) in [5, 5.41) is 20.7. The number of rotatable bonds is 4. The molecular weight excluding hydrogens is 308 g/mol. The zero-order valence-electron chi connectivity index (χ0n) is 16.5. The first-order valence-corrected chi connectivity index (χ1v) is 11.5. The van der Waals surface area contributed by atoms with Crippen molar-refractivity contribution < 1.29 is 19.1 Å². The summed E-state index contributed by atoms with van der Waals surface area (Å²) in [5.41, 5.74) is -1.05. The van der Waals surface area contributed by atoms with Crippen LogP contribution in [0.4, 0.5) is 0 Å². The Morgan fingerprint density at radius 2 is 0.826 bits per heavy atom. The fourth-order valence-electron chi connectivity index (χ4n) is 5.42. The zero-order valence-corrected chi connectivity index (χ0v) is 17.5. The SMILES string of the molecule is CC1(C)C(O)C(C)(C)C1O[Si](C)(C)OC1C(C)(C)C(O)C1(C)C. The van der Waals surface area contributed by atoms with Crippen molar-refractivity contribution in [2.45, 2.75) is 92.9 Å². The molecule has 4 nitrogen and oxygen atoms in total. The third kappa shape index (κ3) is 2.63. The molecule has 0 radical (unpaired) electrons. The minimum absolute atomic E-state index is 0.0251. The lowest BCUT2D eigenvalue weighted by Crippen LogP contribution is -2.73. The third-order valence-corrected chi connectivity index (χ3v) is 7.93. The van der Waals surface area contributed by atoms with Crippen molar-refractivity contribution in [3.63, 3.8) is 0 Å². The predicted octanol–water partition coefficient (Wildman–Crippen LogP) is 3.31. The first-order valence-electron chi connectivity index (χ1n) is 8.71. The smallest absolute Gasteiger partial charge is 0.332 e. The molecule has 5 heteroatoms. The highest BCUT2D eigenvalue weighted by atomic mass is 28.4. The molecular formula is C18H36O4Si. The van der Waals surface area contributed by atoms with Crippen LogP contribution in [0.3, 0.4) is 0 Å². The molecule has 0 spiro atoms. The van der Waals surface area contributed by atoms with E-state index in [1.807, 2.05) is 0 Å². The van der Waals surface area contributed by atoms with Gasteiger partial charge in [-0.2, -0.15) is 0 Å². The van der Waals surface area contributed by atoms with Gasteiger partial charge >= 0.3 is 8.56 Å². The highest BCUT2D eigenvalue weighted by Crippen LogP contribution is 2.58. The average molecular weight is 345 g/mol. The van der Waals surface area contributed by atoms with Gasteiger partial charge in [-0.15, -0.1) is 0 Å². The van der Waals surface area contributed by atoms with E-state index >= 15 is 0 Å². The second-order valence-corrected chi connectivity index (χ2v) is 13.8. The van der Waals surface area contributed by atoms with Gasteiger partial charge in [0.1, 0.15) is 0 Å². The summed E-state index contributed by atoms with van der Waals surface area (Å²) in [4.78, 5) is 0. The Morgan fingerprint density at radius 1 is 0.609 bits per heavy atom. The van der Waals surface area contributed by atoms with Crippen LogP contribution in [0, 0.1) is 21.7 Å². The van der Waals surface area contributed by atoms with Crippen molar-refractivity contribution in [1.29, 1.82) is 0 Å². The molecule has 0 aromatic rings. The van der Waals surface area contributed by atoms with E-state index in [-0.39, 0.29) is 46.1 Å². The summed E-state index contributed by atoms with van der Waals surface area (Å²) in [6.45, 7) is 20.6. The molecule has 0 aliphatic heterocycles. The van der Waals surface area contributed by atoms with E-state index in [0.717, 1.165) is 0 Å². The van der Waals surface area contributed by atoms with Gasteiger partial charge in [-0.05, 0) is 13.1 Å². The molecule has 0 bridgehead atoms. The van der Waals surface area contributed by atoms with Gasteiger partial charge in [-0.1, -0.05) is 55.4 Å². The second kappa shape index (κ2) is 5.04. The van der Waals surface area contributed by atoms with Gasteiger partial charge < -0.3 is 19.1 Å². The van der Waals surface area contributed by atoms with Crippen LogP contribution in [0.15, 0.2) is 0 Å². The summed E-state index contributed by atoms with van der Waals surface area (Å²) in [5.74, 6) is 0. The standard InChI is InChI=1S/C18H36O4Si/c1-15(2)11(19)16(3,4)13(15)21-23(9,10)22-14-17(5,6)12(20)18(14,7)8/h11-14,19-20H,1-10H3. The minimum Gasteiger partial charge on any atom is -0.392 e. The largest absolute Gasteiger partial charge is 0.392 e. The van der Waals surface area contributed by atoms with Gasteiger partial charge in [0, 0.05) is 21.7 Å². The topological polar surface area (TPSA) is 58.9 Å². The number of hydrogen-bond acceptors (Lipinski definition) is 4. The fourth-order valence-corrected chi connectivity index (χ4v) is 7.82. The minimum atomic E-state index is -2.41. The van der Waals surface area contributed by atoms with Crippen LogP contribution in [0.2, 0.25) is 13.1 Å². The quantitative estimate of drug-likeness (QED) is 0.768. The highest BCUT2D eigenvalue weighted by molar-refractivity contribution is 6.64. The molecule has 0 saturated heterocycles. The van der Waals surface area contributed by atoms with Crippen molar-refractivity contribution in [3.05, 3.63) is 0 Å². The summed E-state index contributed by atoms with van der Waals surface area (Å²) in [6.07, 6.45) is -0.794. The van der Waals surface area contributed by atoms with Crippen LogP contribution in [0.5, 0.6) is 0 Å². The molecule has 0 aromatic heterocycles. The van der Waals surface area contributed by atoms with Gasteiger partial charge in [-0.3, -0.25) is 0 Å². The molecule has 2 aliphatic rings. The van der Waals surface area contributed by atoms with Crippen LogP contribution >= 0.6 is 0 Å². The first-order chi connectivity index (χ1) is 9.99. The lowest BCUT2D eigenvalue weighted by atomic mass is 9.51. The van der Waals surface area contributed by atoms with Gasteiger partial charge in [0.25, 0.3) is 0 Å². The zero-order chi connectivity index (χ0) is 18.2. The number of aliphatic hydroxyl groups excluding tert-OH is 2. The molecule has 2 fully saturated rings. The monoisotopic (exact) mass is 344 g/mol. The van der Waals surface area contributed by atoms with Crippen molar-refractivity contribution >= 4 is 8.56 Å². The molecule has 0 heterocycles. The number of hydrogen-bond donors (Lipinski definition) is 2. The summed E-state index contributed by atoms with van der Waals surface area (Å²) in [6, 6.07) is 0. The maximum Gasteiger partial charge on any atom is 0.332 e. The van der Waals surface area contributed by atoms with Crippen molar-refractivity contribution in [1.82, 2.24) is 0 Å². The molecule has 0 aromatic carbocycles. The normalized spacial score (nSPS) is 40.2. The van der Waals surface area contributed by atoms with Crippen LogP contribution in [0.1, 0.15) is 55.4 Å². The lowest BCUT2D eigenvalue weighted by Gasteiger charge is -2.65. The van der Waals surface area contributed by atoms with Crippen LogP contribution in [-0.4, -0.2) is 43.2 Å². The molecule has 0 atom stereocenters. The summed E-state index contributed by atoms with van der Waals surface area (Å²) in [7, 11) is -2.41. The van der Waals surface area contributed by atoms with E-state index in [1.54, 1.807) is 0 Å². The van der Waals surface area contributed by atoms with E-state index in [2.05, 4.69) is 68.5 Å². The molecule has 2 N–H and O–H groups in total. The van der Waals surface area contributed by atoms with Gasteiger partial charge in [-0.25, -0.2) is 0 Å². The van der Waals surface area contributed by atoms with Gasteiger partial charge in [0.05, 0.1) is 24.4 Å². The molecule has 136 valence electrons. The second-order valence-electron chi connectivity index (χ2n) is 10.5. The highest BCUT2D eigenvalue weighted by Gasteiger charge is 2.66. The average Bonchev–Trinajstić information content (AvgIpc) is 2.40. The van der Waals surface area contributed by atoms with E-state index < -0.39 is 8.56 Å². The van der Waals surface area contributed by atoms with Crippen molar-refractivity contribution in [3.8, 4) is 0 Å². The summed E-state index contributed by atoms with van der Waals surface area (Å²) < 4.78 is 13.0. The Kier molecular flexibility index (Phi) is 4.25. The number of aliphatic hydroxyl groups is 2. The molecule has 2 saturated carbocycles. The van der Waals surface area contributed by atoms with E-state index in [1.165, 1.54) is 0 Å². The Bertz CT molecular complexity index is 407.